The van der Waals surface area contributed by atoms with E-state index < -0.39 is 0 Å². The lowest BCUT2D eigenvalue weighted by atomic mass is 9.98. The van der Waals surface area contributed by atoms with Crippen molar-refractivity contribution in [1.82, 2.24) is 10.2 Å². The molecule has 4 heteroatoms. The highest BCUT2D eigenvalue weighted by Crippen LogP contribution is 2.25. The van der Waals surface area contributed by atoms with Gasteiger partial charge in [0.1, 0.15) is 0 Å². The molecule has 1 N–H and O–H groups in total. The first kappa shape index (κ1) is 22.1. The Morgan fingerprint density at radius 1 is 0.844 bits per heavy atom. The van der Waals surface area contributed by atoms with Crippen LogP contribution in [0.15, 0.2) is 91.0 Å². The maximum Gasteiger partial charge on any atom is 0.251 e. The molecule has 0 saturated carbocycles. The molecule has 0 aliphatic carbocycles. The van der Waals surface area contributed by atoms with Crippen LogP contribution in [-0.2, 0) is 0 Å². The summed E-state index contributed by atoms with van der Waals surface area (Å²) in [4.78, 5) is 15.2. The number of hydrogen-bond donors (Lipinski definition) is 1. The second kappa shape index (κ2) is 9.99. The van der Waals surface area contributed by atoms with Crippen molar-refractivity contribution in [1.29, 1.82) is 0 Å². The minimum Gasteiger partial charge on any atom is -0.345 e. The zero-order valence-corrected chi connectivity index (χ0v) is 19.1. The summed E-state index contributed by atoms with van der Waals surface area (Å²) in [6.45, 7) is 0.882. The van der Waals surface area contributed by atoms with Crippen LogP contribution in [-0.4, -0.2) is 31.4 Å². The van der Waals surface area contributed by atoms with E-state index in [0.29, 0.717) is 10.6 Å². The average Bonchev–Trinajstić information content (AvgIpc) is 2.82. The van der Waals surface area contributed by atoms with Gasteiger partial charge in [0.2, 0.25) is 0 Å². The highest BCUT2D eigenvalue weighted by Gasteiger charge is 2.17. The molecule has 0 aliphatic rings. The van der Waals surface area contributed by atoms with Crippen LogP contribution in [0.5, 0.6) is 0 Å². The van der Waals surface area contributed by atoms with Crippen LogP contribution in [0.2, 0.25) is 5.02 Å². The molecular formula is C28H27ClN2O. The summed E-state index contributed by atoms with van der Waals surface area (Å²) in [6.07, 6.45) is 0.833. The molecule has 0 bridgehead atoms. The lowest BCUT2D eigenvalue weighted by molar-refractivity contribution is 0.0933. The molecular weight excluding hydrogens is 416 g/mol. The van der Waals surface area contributed by atoms with Gasteiger partial charge in [-0.05, 0) is 84.9 Å². The molecule has 0 radical (unpaired) electrons. The Hall–Kier alpha value is -3.14. The third-order valence-corrected chi connectivity index (χ3v) is 5.92. The Bertz CT molecular complexity index is 1200. The van der Waals surface area contributed by atoms with E-state index in [0.717, 1.165) is 29.7 Å². The van der Waals surface area contributed by atoms with Gasteiger partial charge >= 0.3 is 0 Å². The summed E-state index contributed by atoms with van der Waals surface area (Å²) in [5.41, 5.74) is 3.90. The fourth-order valence-corrected chi connectivity index (χ4v) is 3.96. The molecule has 162 valence electrons. The second-order valence-corrected chi connectivity index (χ2v) is 8.75. The van der Waals surface area contributed by atoms with Crippen molar-refractivity contribution in [3.63, 3.8) is 0 Å². The third-order valence-electron chi connectivity index (χ3n) is 5.67. The van der Waals surface area contributed by atoms with E-state index in [1.165, 1.54) is 10.8 Å². The molecule has 0 aliphatic heterocycles. The van der Waals surface area contributed by atoms with Crippen molar-refractivity contribution in [2.75, 3.05) is 20.6 Å². The Labute approximate surface area is 194 Å². The van der Waals surface area contributed by atoms with Crippen molar-refractivity contribution in [3.8, 4) is 11.1 Å². The van der Waals surface area contributed by atoms with Crippen LogP contribution in [0.1, 0.15) is 28.4 Å². The van der Waals surface area contributed by atoms with E-state index in [1.54, 1.807) is 0 Å². The van der Waals surface area contributed by atoms with Gasteiger partial charge in [0, 0.05) is 10.6 Å². The quantitative estimate of drug-likeness (QED) is 0.350. The Morgan fingerprint density at radius 2 is 1.47 bits per heavy atom. The second-order valence-electron chi connectivity index (χ2n) is 8.31. The minimum atomic E-state index is -0.0652. The molecule has 0 unspecified atom stereocenters. The number of rotatable bonds is 7. The molecule has 4 aromatic rings. The Morgan fingerprint density at radius 3 is 2.12 bits per heavy atom. The fourth-order valence-electron chi connectivity index (χ4n) is 3.83. The predicted molar refractivity (Wildman–Crippen MR) is 134 cm³/mol. The lowest BCUT2D eigenvalue weighted by Gasteiger charge is -2.22. The van der Waals surface area contributed by atoms with Gasteiger partial charge in [0.25, 0.3) is 5.91 Å². The maximum absolute atomic E-state index is 13.1. The largest absolute Gasteiger partial charge is 0.345 e. The summed E-state index contributed by atoms with van der Waals surface area (Å²) < 4.78 is 0. The number of carbonyl (C=O) groups excluding carboxylic acids is 1. The number of carbonyl (C=O) groups is 1. The summed E-state index contributed by atoms with van der Waals surface area (Å²) in [5.74, 6) is -0.0652. The topological polar surface area (TPSA) is 32.3 Å². The first-order valence-electron chi connectivity index (χ1n) is 10.8. The standard InChI is InChI=1S/C28H27ClN2O/c1-31(2)18-17-27(25-12-9-20-5-3-4-6-24(20)19-25)30-28(32)23-10-7-21(8-11-23)22-13-15-26(29)16-14-22/h3-16,19,27H,17-18H2,1-2H3,(H,30,32)/t27-/m0/s1. The van der Waals surface area contributed by atoms with Crippen molar-refractivity contribution in [2.24, 2.45) is 0 Å². The number of fused-ring (bicyclic) bond motifs is 1. The van der Waals surface area contributed by atoms with E-state index in [-0.39, 0.29) is 11.9 Å². The molecule has 4 aromatic carbocycles. The molecule has 0 fully saturated rings. The van der Waals surface area contributed by atoms with Gasteiger partial charge in [0.15, 0.2) is 0 Å². The molecule has 32 heavy (non-hydrogen) atoms. The monoisotopic (exact) mass is 442 g/mol. The summed E-state index contributed by atoms with van der Waals surface area (Å²) >= 11 is 5.99. The number of amides is 1. The zero-order valence-electron chi connectivity index (χ0n) is 18.4. The average molecular weight is 443 g/mol. The highest BCUT2D eigenvalue weighted by atomic mass is 35.5. The van der Waals surface area contributed by atoms with Gasteiger partial charge in [-0.1, -0.05) is 72.3 Å². The molecule has 4 rings (SSSR count). The SMILES string of the molecule is CN(C)CC[C@H](NC(=O)c1ccc(-c2ccc(Cl)cc2)cc1)c1ccc2ccccc2c1. The molecule has 3 nitrogen and oxygen atoms in total. The van der Waals surface area contributed by atoms with Gasteiger partial charge in [-0.2, -0.15) is 0 Å². The Kier molecular flexibility index (Phi) is 6.89. The molecule has 0 spiro atoms. The van der Waals surface area contributed by atoms with E-state index in [2.05, 4.69) is 54.6 Å². The molecule has 1 amide bonds. The maximum atomic E-state index is 13.1. The van der Waals surface area contributed by atoms with Crippen LogP contribution in [0.3, 0.4) is 0 Å². The smallest absolute Gasteiger partial charge is 0.251 e. The van der Waals surface area contributed by atoms with E-state index in [9.17, 15) is 4.79 Å². The number of benzene rings is 4. The number of nitrogens with one attached hydrogen (secondary N) is 1. The van der Waals surface area contributed by atoms with Crippen molar-refractivity contribution < 1.29 is 4.79 Å². The zero-order chi connectivity index (χ0) is 22.5. The van der Waals surface area contributed by atoms with Crippen molar-refractivity contribution in [3.05, 3.63) is 107 Å². The molecule has 0 heterocycles. The molecule has 0 aromatic heterocycles. The van der Waals surface area contributed by atoms with E-state index >= 15 is 0 Å². The van der Waals surface area contributed by atoms with E-state index in [4.69, 9.17) is 11.6 Å². The van der Waals surface area contributed by atoms with Crippen LogP contribution in [0.25, 0.3) is 21.9 Å². The van der Waals surface area contributed by atoms with Crippen LogP contribution < -0.4 is 5.32 Å². The fraction of sp³-hybridized carbons (Fsp3) is 0.179. The predicted octanol–water partition coefficient (Wildman–Crippen LogP) is 6.58. The van der Waals surface area contributed by atoms with Gasteiger partial charge in [-0.3, -0.25) is 4.79 Å². The van der Waals surface area contributed by atoms with E-state index in [1.807, 2.05) is 60.7 Å². The van der Waals surface area contributed by atoms with Crippen molar-refractivity contribution >= 4 is 28.3 Å². The number of halogens is 1. The van der Waals surface area contributed by atoms with Gasteiger partial charge in [-0.15, -0.1) is 0 Å². The third kappa shape index (κ3) is 5.37. The summed E-state index contributed by atoms with van der Waals surface area (Å²) in [7, 11) is 4.10. The first-order chi connectivity index (χ1) is 15.5. The van der Waals surface area contributed by atoms with Crippen molar-refractivity contribution in [2.45, 2.75) is 12.5 Å². The summed E-state index contributed by atoms with van der Waals surface area (Å²) in [6, 6.07) is 30.1. The number of hydrogen-bond acceptors (Lipinski definition) is 2. The van der Waals surface area contributed by atoms with Crippen LogP contribution in [0, 0.1) is 0 Å². The highest BCUT2D eigenvalue weighted by molar-refractivity contribution is 6.30. The Balaban J connectivity index is 1.54. The molecule has 1 atom stereocenters. The van der Waals surface area contributed by atoms with Gasteiger partial charge < -0.3 is 10.2 Å². The van der Waals surface area contributed by atoms with Gasteiger partial charge in [-0.25, -0.2) is 0 Å². The van der Waals surface area contributed by atoms with Crippen LogP contribution in [0.4, 0.5) is 0 Å². The lowest BCUT2D eigenvalue weighted by Crippen LogP contribution is -2.31. The first-order valence-corrected chi connectivity index (χ1v) is 11.2. The van der Waals surface area contributed by atoms with Gasteiger partial charge in [0.05, 0.1) is 6.04 Å². The number of nitrogens with zero attached hydrogens (tertiary/aromatic N) is 1. The van der Waals surface area contributed by atoms with Crippen LogP contribution >= 0.6 is 11.6 Å². The summed E-state index contributed by atoms with van der Waals surface area (Å²) in [5, 5.41) is 6.35. The minimum absolute atomic E-state index is 0.0644. The molecule has 0 saturated heterocycles. The normalized spacial score (nSPS) is 12.1.